The maximum absolute atomic E-state index is 9.64. The van der Waals surface area contributed by atoms with Crippen LogP contribution in [-0.2, 0) is 6.42 Å². The van der Waals surface area contributed by atoms with Gasteiger partial charge < -0.3 is 5.11 Å². The van der Waals surface area contributed by atoms with Crippen LogP contribution in [0.2, 0.25) is 0 Å². The standard InChI is InChI=1S/C24H34O/c1-4-6-12-22(9-5-2)23(18-20-10-7-8-11-20)14-13-21-15-16-24(25)17-19(21)3/h7-11,15-17,20,23,25H,4-6,12-14,18H2,1-3H3/b22-9+/t23-/m0/s1. The second-order valence-corrected chi connectivity index (χ2v) is 7.31. The first-order valence-corrected chi connectivity index (χ1v) is 9.96. The Morgan fingerprint density at radius 3 is 2.60 bits per heavy atom. The van der Waals surface area contributed by atoms with Crippen LogP contribution in [0.25, 0.3) is 0 Å². The number of phenols is 1. The molecule has 1 aromatic rings. The van der Waals surface area contributed by atoms with Crippen molar-refractivity contribution in [3.05, 3.63) is 65.3 Å². The molecule has 0 aliphatic heterocycles. The second kappa shape index (κ2) is 10.3. The summed E-state index contributed by atoms with van der Waals surface area (Å²) in [5, 5.41) is 9.64. The number of hydrogen-bond acceptors (Lipinski definition) is 1. The molecule has 0 fully saturated rings. The van der Waals surface area contributed by atoms with Crippen LogP contribution in [0.4, 0.5) is 0 Å². The van der Waals surface area contributed by atoms with Crippen LogP contribution >= 0.6 is 0 Å². The molecule has 136 valence electrons. The maximum Gasteiger partial charge on any atom is 0.115 e. The Balaban J connectivity index is 2.10. The fourth-order valence-electron chi connectivity index (χ4n) is 3.82. The van der Waals surface area contributed by atoms with Gasteiger partial charge in [0.1, 0.15) is 5.75 Å². The van der Waals surface area contributed by atoms with Crippen molar-refractivity contribution < 1.29 is 5.11 Å². The van der Waals surface area contributed by atoms with Gasteiger partial charge in [-0.1, -0.05) is 62.3 Å². The average molecular weight is 339 g/mol. The number of hydrogen-bond donors (Lipinski definition) is 1. The number of unbranched alkanes of at least 4 members (excludes halogenated alkanes) is 1. The van der Waals surface area contributed by atoms with E-state index in [1.807, 2.05) is 12.1 Å². The average Bonchev–Trinajstić information content (AvgIpc) is 3.10. The quantitative estimate of drug-likeness (QED) is 0.460. The first kappa shape index (κ1) is 19.6. The van der Waals surface area contributed by atoms with Gasteiger partial charge in [0.2, 0.25) is 0 Å². The van der Waals surface area contributed by atoms with Gasteiger partial charge in [-0.2, -0.15) is 0 Å². The summed E-state index contributed by atoms with van der Waals surface area (Å²) in [7, 11) is 0. The molecule has 0 aromatic heterocycles. The van der Waals surface area contributed by atoms with E-state index in [2.05, 4.69) is 57.2 Å². The molecule has 0 bridgehead atoms. The molecule has 1 nitrogen and oxygen atoms in total. The molecule has 0 spiro atoms. The van der Waals surface area contributed by atoms with Crippen molar-refractivity contribution in [1.82, 2.24) is 0 Å². The van der Waals surface area contributed by atoms with Crippen LogP contribution in [0.1, 0.15) is 63.5 Å². The van der Waals surface area contributed by atoms with E-state index in [9.17, 15) is 5.11 Å². The Bertz CT molecular complexity index is 609. The van der Waals surface area contributed by atoms with Crippen molar-refractivity contribution in [1.29, 1.82) is 0 Å². The Labute approximate surface area is 154 Å². The van der Waals surface area contributed by atoms with Gasteiger partial charge in [0.15, 0.2) is 0 Å². The third-order valence-electron chi connectivity index (χ3n) is 5.28. The van der Waals surface area contributed by atoms with E-state index in [0.717, 1.165) is 12.8 Å². The Morgan fingerprint density at radius 2 is 1.96 bits per heavy atom. The highest BCUT2D eigenvalue weighted by atomic mass is 16.3. The van der Waals surface area contributed by atoms with E-state index in [4.69, 9.17) is 0 Å². The van der Waals surface area contributed by atoms with Crippen LogP contribution in [0.5, 0.6) is 5.75 Å². The lowest BCUT2D eigenvalue weighted by atomic mass is 9.82. The summed E-state index contributed by atoms with van der Waals surface area (Å²) >= 11 is 0. The van der Waals surface area contributed by atoms with Gasteiger partial charge in [0, 0.05) is 0 Å². The molecular weight excluding hydrogens is 304 g/mol. The largest absolute Gasteiger partial charge is 0.508 e. The Morgan fingerprint density at radius 1 is 1.20 bits per heavy atom. The summed E-state index contributed by atoms with van der Waals surface area (Å²) in [5.41, 5.74) is 4.23. The lowest BCUT2D eigenvalue weighted by molar-refractivity contribution is 0.462. The third kappa shape index (κ3) is 6.23. The molecule has 0 saturated carbocycles. The second-order valence-electron chi connectivity index (χ2n) is 7.31. The monoisotopic (exact) mass is 338 g/mol. The molecule has 1 N–H and O–H groups in total. The van der Waals surface area contributed by atoms with Crippen molar-refractivity contribution in [3.63, 3.8) is 0 Å². The number of allylic oxidation sites excluding steroid dienone is 6. The molecule has 0 unspecified atom stereocenters. The highest BCUT2D eigenvalue weighted by Gasteiger charge is 2.18. The maximum atomic E-state index is 9.64. The molecule has 0 heterocycles. The van der Waals surface area contributed by atoms with Crippen LogP contribution in [0.3, 0.4) is 0 Å². The zero-order valence-corrected chi connectivity index (χ0v) is 16.2. The smallest absolute Gasteiger partial charge is 0.115 e. The van der Waals surface area contributed by atoms with Crippen molar-refractivity contribution in [3.8, 4) is 5.75 Å². The number of aromatic hydroxyl groups is 1. The lowest BCUT2D eigenvalue weighted by Crippen LogP contribution is -2.11. The van der Waals surface area contributed by atoms with Gasteiger partial charge in [-0.3, -0.25) is 0 Å². The minimum absolute atomic E-state index is 0.369. The molecule has 25 heavy (non-hydrogen) atoms. The summed E-state index contributed by atoms with van der Waals surface area (Å²) in [6.45, 7) is 6.63. The molecular formula is C24H34O. The van der Waals surface area contributed by atoms with Crippen molar-refractivity contribution in [2.45, 2.75) is 65.7 Å². The van der Waals surface area contributed by atoms with E-state index in [1.165, 1.54) is 43.2 Å². The molecule has 1 atom stereocenters. The van der Waals surface area contributed by atoms with E-state index in [1.54, 1.807) is 5.57 Å². The van der Waals surface area contributed by atoms with Gasteiger partial charge in [-0.25, -0.2) is 0 Å². The number of benzene rings is 1. The molecule has 1 heteroatoms. The van der Waals surface area contributed by atoms with Gasteiger partial charge in [-0.05, 0) is 80.5 Å². The van der Waals surface area contributed by atoms with Crippen molar-refractivity contribution in [2.24, 2.45) is 11.8 Å². The summed E-state index contributed by atoms with van der Waals surface area (Å²) in [5.74, 6) is 1.61. The summed E-state index contributed by atoms with van der Waals surface area (Å²) < 4.78 is 0. The van der Waals surface area contributed by atoms with Gasteiger partial charge in [0.05, 0.1) is 0 Å². The number of rotatable bonds is 10. The lowest BCUT2D eigenvalue weighted by Gasteiger charge is -2.23. The fourth-order valence-corrected chi connectivity index (χ4v) is 3.82. The van der Waals surface area contributed by atoms with Crippen LogP contribution in [-0.4, -0.2) is 5.11 Å². The number of aryl methyl sites for hydroxylation is 2. The summed E-state index contributed by atoms with van der Waals surface area (Å²) in [6.07, 6.45) is 19.9. The SMILES string of the molecule is CC/C=C(\CCCC)[C@@H](CCc1ccc(O)cc1C)CC1C=CC=C1. The highest BCUT2D eigenvalue weighted by Crippen LogP contribution is 2.32. The summed E-state index contributed by atoms with van der Waals surface area (Å²) in [6, 6.07) is 5.79. The predicted octanol–water partition coefficient (Wildman–Crippen LogP) is 6.91. The first-order valence-electron chi connectivity index (χ1n) is 9.96. The normalized spacial score (nSPS) is 15.9. The van der Waals surface area contributed by atoms with Crippen molar-refractivity contribution >= 4 is 0 Å². The Kier molecular flexibility index (Phi) is 8.04. The molecule has 2 rings (SSSR count). The zero-order valence-electron chi connectivity index (χ0n) is 16.2. The molecule has 1 aliphatic rings. The van der Waals surface area contributed by atoms with Gasteiger partial charge >= 0.3 is 0 Å². The topological polar surface area (TPSA) is 20.2 Å². The molecule has 0 amide bonds. The molecule has 0 radical (unpaired) electrons. The minimum Gasteiger partial charge on any atom is -0.508 e. The molecule has 1 aromatic carbocycles. The van der Waals surface area contributed by atoms with Gasteiger partial charge in [0.25, 0.3) is 0 Å². The van der Waals surface area contributed by atoms with Crippen LogP contribution in [0.15, 0.2) is 54.2 Å². The summed E-state index contributed by atoms with van der Waals surface area (Å²) in [4.78, 5) is 0. The first-order chi connectivity index (χ1) is 12.1. The van der Waals surface area contributed by atoms with E-state index in [0.29, 0.717) is 17.6 Å². The molecule has 0 saturated heterocycles. The molecule has 1 aliphatic carbocycles. The predicted molar refractivity (Wildman–Crippen MR) is 109 cm³/mol. The van der Waals surface area contributed by atoms with E-state index >= 15 is 0 Å². The third-order valence-corrected chi connectivity index (χ3v) is 5.28. The minimum atomic E-state index is 0.369. The van der Waals surface area contributed by atoms with E-state index in [-0.39, 0.29) is 0 Å². The highest BCUT2D eigenvalue weighted by molar-refractivity contribution is 5.34. The zero-order chi connectivity index (χ0) is 18.1. The fraction of sp³-hybridized carbons (Fsp3) is 0.500. The Hall–Kier alpha value is -1.76. The number of phenolic OH excluding ortho intramolecular Hbond substituents is 1. The van der Waals surface area contributed by atoms with E-state index < -0.39 is 0 Å². The van der Waals surface area contributed by atoms with Crippen molar-refractivity contribution in [2.75, 3.05) is 0 Å². The van der Waals surface area contributed by atoms with Gasteiger partial charge in [-0.15, -0.1) is 0 Å². The van der Waals surface area contributed by atoms with Crippen LogP contribution < -0.4 is 0 Å². The van der Waals surface area contributed by atoms with Crippen LogP contribution in [0, 0.1) is 18.8 Å².